The first-order valence-corrected chi connectivity index (χ1v) is 6.75. The molecule has 0 aliphatic heterocycles. The van der Waals surface area contributed by atoms with Crippen LogP contribution in [0.1, 0.15) is 22.8 Å². The van der Waals surface area contributed by atoms with E-state index in [1.165, 1.54) is 29.7 Å². The predicted molar refractivity (Wildman–Crippen MR) is 80.5 cm³/mol. The molecule has 0 saturated heterocycles. The lowest BCUT2D eigenvalue weighted by Gasteiger charge is -2.07. The van der Waals surface area contributed by atoms with Crippen molar-refractivity contribution in [2.24, 2.45) is 0 Å². The van der Waals surface area contributed by atoms with Gasteiger partial charge in [-0.3, -0.25) is 14.4 Å². The summed E-state index contributed by atoms with van der Waals surface area (Å²) in [6.07, 6.45) is 1.59. The second kappa shape index (κ2) is 6.34. The van der Waals surface area contributed by atoms with Crippen molar-refractivity contribution in [3.8, 4) is 0 Å². The average molecular weight is 302 g/mol. The van der Waals surface area contributed by atoms with Gasteiger partial charge in [0.05, 0.1) is 0 Å². The molecule has 0 saturated carbocycles. The Morgan fingerprint density at radius 1 is 1.27 bits per heavy atom. The van der Waals surface area contributed by atoms with Crippen LogP contribution in [0.2, 0.25) is 0 Å². The number of rotatable bonds is 4. The van der Waals surface area contributed by atoms with Crippen LogP contribution in [0.5, 0.6) is 0 Å². The lowest BCUT2D eigenvalue weighted by Crippen LogP contribution is -2.29. The highest BCUT2D eigenvalue weighted by molar-refractivity contribution is 6.46. The molecular weight excluding hydrogens is 287 g/mol. The maximum atomic E-state index is 13.2. The van der Waals surface area contributed by atoms with Gasteiger partial charge in [-0.25, -0.2) is 4.39 Å². The molecular formula is C16H15FN2O3. The van der Waals surface area contributed by atoms with Gasteiger partial charge in [-0.2, -0.15) is 0 Å². The Balaban J connectivity index is 2.24. The molecule has 0 radical (unpaired) electrons. The van der Waals surface area contributed by atoms with Gasteiger partial charge in [0.25, 0.3) is 17.2 Å². The lowest BCUT2D eigenvalue weighted by atomic mass is 10.1. The lowest BCUT2D eigenvalue weighted by molar-refractivity contribution is -0.112. The van der Waals surface area contributed by atoms with Crippen LogP contribution in [-0.2, 0) is 11.3 Å². The standard InChI is InChI=1S/C16H15FN2O3/c1-3-19-8-4-5-13(16(19)22)18-15(21)14(20)11-6-7-12(17)10(2)9-11/h4-9H,3H2,1-2H3,(H,18,21). The number of hydrogen-bond donors (Lipinski definition) is 1. The van der Waals surface area contributed by atoms with Crippen LogP contribution in [0.15, 0.2) is 41.3 Å². The van der Waals surface area contributed by atoms with Crippen molar-refractivity contribution >= 4 is 17.4 Å². The average Bonchev–Trinajstić information content (AvgIpc) is 2.51. The van der Waals surface area contributed by atoms with Crippen molar-refractivity contribution < 1.29 is 14.0 Å². The number of ketones is 1. The zero-order valence-corrected chi connectivity index (χ0v) is 12.2. The zero-order chi connectivity index (χ0) is 16.3. The van der Waals surface area contributed by atoms with Crippen LogP contribution < -0.4 is 10.9 Å². The van der Waals surface area contributed by atoms with Gasteiger partial charge >= 0.3 is 0 Å². The highest BCUT2D eigenvalue weighted by atomic mass is 19.1. The smallest absolute Gasteiger partial charge is 0.296 e. The third-order valence-corrected chi connectivity index (χ3v) is 3.24. The molecule has 0 atom stereocenters. The van der Waals surface area contributed by atoms with Crippen molar-refractivity contribution in [2.75, 3.05) is 5.32 Å². The monoisotopic (exact) mass is 302 g/mol. The Bertz CT molecular complexity index is 796. The van der Waals surface area contributed by atoms with E-state index in [-0.39, 0.29) is 22.4 Å². The molecule has 5 nitrogen and oxygen atoms in total. The van der Waals surface area contributed by atoms with Crippen molar-refractivity contribution in [2.45, 2.75) is 20.4 Å². The van der Waals surface area contributed by atoms with Gasteiger partial charge in [-0.1, -0.05) is 0 Å². The molecule has 1 N–H and O–H groups in total. The Labute approximate surface area is 126 Å². The highest BCUT2D eigenvalue weighted by Gasteiger charge is 2.18. The topological polar surface area (TPSA) is 68.2 Å². The van der Waals surface area contributed by atoms with E-state index in [0.717, 1.165) is 6.07 Å². The molecule has 0 spiro atoms. The van der Waals surface area contributed by atoms with Crippen molar-refractivity contribution in [3.05, 3.63) is 63.8 Å². The van der Waals surface area contributed by atoms with Crippen LogP contribution in [0, 0.1) is 12.7 Å². The van der Waals surface area contributed by atoms with E-state index in [1.807, 2.05) is 0 Å². The summed E-state index contributed by atoms with van der Waals surface area (Å²) in [6.45, 7) is 3.74. The molecule has 1 heterocycles. The minimum Gasteiger partial charge on any atom is -0.314 e. The maximum absolute atomic E-state index is 13.2. The minimum absolute atomic E-state index is 0.0292. The molecule has 1 amide bonds. The Kier molecular flexibility index (Phi) is 4.50. The highest BCUT2D eigenvalue weighted by Crippen LogP contribution is 2.10. The summed E-state index contributed by atoms with van der Waals surface area (Å²) >= 11 is 0. The summed E-state index contributed by atoms with van der Waals surface area (Å²) in [5.41, 5.74) is -0.0159. The van der Waals surface area contributed by atoms with Crippen LogP contribution >= 0.6 is 0 Å². The van der Waals surface area contributed by atoms with Gasteiger partial charge in [0.15, 0.2) is 0 Å². The quantitative estimate of drug-likeness (QED) is 0.695. The number of Topliss-reactive ketones (excluding diaryl/α,β-unsaturated/α-hetero) is 1. The first kappa shape index (κ1) is 15.6. The van der Waals surface area contributed by atoms with Gasteiger partial charge in [0.2, 0.25) is 0 Å². The molecule has 2 aromatic rings. The molecule has 22 heavy (non-hydrogen) atoms. The second-order valence-electron chi connectivity index (χ2n) is 4.76. The molecule has 114 valence electrons. The number of anilines is 1. The number of pyridine rings is 1. The van der Waals surface area contributed by atoms with Crippen molar-refractivity contribution in [1.29, 1.82) is 0 Å². The van der Waals surface area contributed by atoms with Crippen LogP contribution in [0.4, 0.5) is 10.1 Å². The molecule has 1 aromatic heterocycles. The first-order chi connectivity index (χ1) is 10.4. The number of benzene rings is 1. The Morgan fingerprint density at radius 2 is 2.00 bits per heavy atom. The van der Waals surface area contributed by atoms with E-state index >= 15 is 0 Å². The first-order valence-electron chi connectivity index (χ1n) is 6.75. The molecule has 1 aromatic carbocycles. The molecule has 0 unspecified atom stereocenters. The molecule has 0 aliphatic rings. The summed E-state index contributed by atoms with van der Waals surface area (Å²) in [7, 11) is 0. The van der Waals surface area contributed by atoms with E-state index < -0.39 is 17.5 Å². The van der Waals surface area contributed by atoms with E-state index in [0.29, 0.717) is 6.54 Å². The van der Waals surface area contributed by atoms with E-state index in [4.69, 9.17) is 0 Å². The number of carbonyl (C=O) groups is 2. The van der Waals surface area contributed by atoms with E-state index in [9.17, 15) is 18.8 Å². The van der Waals surface area contributed by atoms with Gasteiger partial charge in [0.1, 0.15) is 11.5 Å². The number of aryl methyl sites for hydroxylation is 2. The third-order valence-electron chi connectivity index (χ3n) is 3.24. The van der Waals surface area contributed by atoms with Gasteiger partial charge in [-0.15, -0.1) is 0 Å². The third kappa shape index (κ3) is 3.11. The fraction of sp³-hybridized carbons (Fsp3) is 0.188. The summed E-state index contributed by atoms with van der Waals surface area (Å²) in [5, 5.41) is 2.30. The number of nitrogens with zero attached hydrogens (tertiary/aromatic N) is 1. The Morgan fingerprint density at radius 3 is 2.64 bits per heavy atom. The molecule has 0 fully saturated rings. The van der Waals surface area contributed by atoms with E-state index in [1.54, 1.807) is 19.2 Å². The number of amides is 1. The number of carbonyl (C=O) groups excluding carboxylic acids is 2. The van der Waals surface area contributed by atoms with Crippen LogP contribution in [0.3, 0.4) is 0 Å². The molecule has 6 heteroatoms. The summed E-state index contributed by atoms with van der Waals surface area (Å²) in [5.74, 6) is -2.21. The SMILES string of the molecule is CCn1cccc(NC(=O)C(=O)c2ccc(F)c(C)c2)c1=O. The number of hydrogen-bond acceptors (Lipinski definition) is 3. The fourth-order valence-corrected chi connectivity index (χ4v) is 1.98. The number of halogens is 1. The van der Waals surface area contributed by atoms with Gasteiger partial charge in [-0.05, 0) is 49.7 Å². The zero-order valence-electron chi connectivity index (χ0n) is 12.2. The van der Waals surface area contributed by atoms with Crippen molar-refractivity contribution in [1.82, 2.24) is 4.57 Å². The summed E-state index contributed by atoms with van der Waals surface area (Å²) < 4.78 is 14.6. The van der Waals surface area contributed by atoms with Gasteiger partial charge < -0.3 is 9.88 Å². The normalized spacial score (nSPS) is 10.3. The van der Waals surface area contributed by atoms with E-state index in [2.05, 4.69) is 5.32 Å². The number of nitrogens with one attached hydrogen (secondary N) is 1. The Hall–Kier alpha value is -2.76. The summed E-state index contributed by atoms with van der Waals surface area (Å²) in [6, 6.07) is 6.69. The minimum atomic E-state index is -0.933. The van der Waals surface area contributed by atoms with Crippen molar-refractivity contribution in [3.63, 3.8) is 0 Å². The predicted octanol–water partition coefficient (Wildman–Crippen LogP) is 2.14. The molecule has 0 bridgehead atoms. The molecule has 0 aliphatic carbocycles. The van der Waals surface area contributed by atoms with Crippen LogP contribution in [0.25, 0.3) is 0 Å². The summed E-state index contributed by atoms with van der Waals surface area (Å²) in [4.78, 5) is 36.0. The molecule has 2 rings (SSSR count). The number of aromatic nitrogens is 1. The maximum Gasteiger partial charge on any atom is 0.296 e. The van der Waals surface area contributed by atoms with Crippen LogP contribution in [-0.4, -0.2) is 16.3 Å². The second-order valence-corrected chi connectivity index (χ2v) is 4.76. The van der Waals surface area contributed by atoms with Gasteiger partial charge in [0, 0.05) is 18.3 Å². The largest absolute Gasteiger partial charge is 0.314 e. The fourth-order valence-electron chi connectivity index (χ4n) is 1.98.